The summed E-state index contributed by atoms with van der Waals surface area (Å²) < 4.78 is 0. The first kappa shape index (κ1) is 13.2. The van der Waals surface area contributed by atoms with Crippen LogP contribution in [0.15, 0.2) is 18.2 Å². The first-order valence-corrected chi connectivity index (χ1v) is 6.75. The molecule has 94 valence electrons. The van der Waals surface area contributed by atoms with Crippen LogP contribution in [0.3, 0.4) is 0 Å². The molecule has 0 saturated heterocycles. The van der Waals surface area contributed by atoms with Crippen LogP contribution in [0.5, 0.6) is 0 Å². The van der Waals surface area contributed by atoms with E-state index in [2.05, 4.69) is 5.32 Å². The molecule has 0 amide bonds. The van der Waals surface area contributed by atoms with E-state index in [0.717, 1.165) is 18.4 Å². The van der Waals surface area contributed by atoms with Crippen LogP contribution >= 0.6 is 23.2 Å². The normalized spacial score (nSPS) is 24.2. The van der Waals surface area contributed by atoms with Gasteiger partial charge < -0.3 is 10.4 Å². The topological polar surface area (TPSA) is 32.3 Å². The first-order valence-electron chi connectivity index (χ1n) is 5.99. The third-order valence-corrected chi connectivity index (χ3v) is 4.34. The zero-order valence-electron chi connectivity index (χ0n) is 9.63. The van der Waals surface area contributed by atoms with Crippen LogP contribution in [-0.2, 0) is 6.54 Å². The number of aliphatic hydroxyl groups excluding tert-OH is 1. The van der Waals surface area contributed by atoms with Gasteiger partial charge in [0.15, 0.2) is 0 Å². The van der Waals surface area contributed by atoms with Crippen molar-refractivity contribution in [2.75, 3.05) is 6.61 Å². The quantitative estimate of drug-likeness (QED) is 0.883. The van der Waals surface area contributed by atoms with E-state index in [1.165, 1.54) is 6.42 Å². The van der Waals surface area contributed by atoms with Crippen molar-refractivity contribution in [3.8, 4) is 0 Å². The molecule has 2 atom stereocenters. The van der Waals surface area contributed by atoms with E-state index in [4.69, 9.17) is 23.2 Å². The molecule has 2 nitrogen and oxygen atoms in total. The van der Waals surface area contributed by atoms with Crippen LogP contribution in [0.2, 0.25) is 10.0 Å². The molecule has 1 fully saturated rings. The Kier molecular flexibility index (Phi) is 4.69. The van der Waals surface area contributed by atoms with Crippen LogP contribution in [0.1, 0.15) is 24.8 Å². The van der Waals surface area contributed by atoms with Crippen LogP contribution in [-0.4, -0.2) is 17.8 Å². The summed E-state index contributed by atoms with van der Waals surface area (Å²) in [7, 11) is 0. The molecule has 1 saturated carbocycles. The Labute approximate surface area is 112 Å². The molecule has 2 rings (SSSR count). The maximum atomic E-state index is 9.25. The minimum atomic E-state index is 0.265. The van der Waals surface area contributed by atoms with E-state index in [0.29, 0.717) is 28.5 Å². The van der Waals surface area contributed by atoms with Gasteiger partial charge in [0, 0.05) is 19.2 Å². The van der Waals surface area contributed by atoms with Crippen molar-refractivity contribution in [3.05, 3.63) is 33.8 Å². The summed E-state index contributed by atoms with van der Waals surface area (Å²) in [5, 5.41) is 13.9. The van der Waals surface area contributed by atoms with Crippen LogP contribution in [0.25, 0.3) is 0 Å². The molecule has 1 aromatic carbocycles. The van der Waals surface area contributed by atoms with E-state index in [-0.39, 0.29) is 6.61 Å². The minimum absolute atomic E-state index is 0.265. The lowest BCUT2D eigenvalue weighted by Crippen LogP contribution is -2.33. The third-order valence-electron chi connectivity index (χ3n) is 3.48. The molecule has 0 bridgehead atoms. The van der Waals surface area contributed by atoms with Gasteiger partial charge in [0.2, 0.25) is 0 Å². The monoisotopic (exact) mass is 273 g/mol. The van der Waals surface area contributed by atoms with Crippen molar-refractivity contribution in [2.45, 2.75) is 31.8 Å². The van der Waals surface area contributed by atoms with Gasteiger partial charge in [-0.3, -0.25) is 0 Å². The Morgan fingerprint density at radius 1 is 1.29 bits per heavy atom. The molecule has 0 radical (unpaired) electrons. The van der Waals surface area contributed by atoms with Gasteiger partial charge in [-0.25, -0.2) is 0 Å². The molecular formula is C13H17Cl2NO. The average Bonchev–Trinajstić information content (AvgIpc) is 2.78. The van der Waals surface area contributed by atoms with E-state index in [1.54, 1.807) is 6.07 Å². The summed E-state index contributed by atoms with van der Waals surface area (Å²) >= 11 is 12.1. The largest absolute Gasteiger partial charge is 0.396 e. The van der Waals surface area contributed by atoms with E-state index >= 15 is 0 Å². The predicted molar refractivity (Wildman–Crippen MR) is 71.5 cm³/mol. The van der Waals surface area contributed by atoms with Gasteiger partial charge in [0.05, 0.1) is 10.0 Å². The number of rotatable bonds is 4. The average molecular weight is 274 g/mol. The molecule has 1 aromatic rings. The number of hydrogen-bond donors (Lipinski definition) is 2. The Balaban J connectivity index is 1.95. The number of aliphatic hydroxyl groups is 1. The van der Waals surface area contributed by atoms with E-state index in [9.17, 15) is 5.11 Å². The number of halogens is 2. The highest BCUT2D eigenvalue weighted by molar-refractivity contribution is 6.42. The molecule has 4 heteroatoms. The van der Waals surface area contributed by atoms with Crippen LogP contribution < -0.4 is 5.32 Å². The fourth-order valence-corrected chi connectivity index (χ4v) is 2.84. The Bertz CT molecular complexity index is 384. The summed E-state index contributed by atoms with van der Waals surface area (Å²) in [4.78, 5) is 0. The molecule has 0 heterocycles. The van der Waals surface area contributed by atoms with Crippen molar-refractivity contribution in [2.24, 2.45) is 5.92 Å². The molecule has 0 aliphatic heterocycles. The summed E-state index contributed by atoms with van der Waals surface area (Å²) in [6.45, 7) is 0.974. The SMILES string of the molecule is OCC1CCCC1NCc1cccc(Cl)c1Cl. The van der Waals surface area contributed by atoms with Crippen molar-refractivity contribution >= 4 is 23.2 Å². The summed E-state index contributed by atoms with van der Waals surface area (Å²) in [6.07, 6.45) is 3.42. The zero-order valence-corrected chi connectivity index (χ0v) is 11.1. The summed E-state index contributed by atoms with van der Waals surface area (Å²) in [5.74, 6) is 0.382. The second-order valence-electron chi connectivity index (χ2n) is 4.57. The van der Waals surface area contributed by atoms with Gasteiger partial charge in [-0.15, -0.1) is 0 Å². The van der Waals surface area contributed by atoms with Gasteiger partial charge >= 0.3 is 0 Å². The van der Waals surface area contributed by atoms with Gasteiger partial charge in [0.25, 0.3) is 0 Å². The molecular weight excluding hydrogens is 257 g/mol. The summed E-state index contributed by atoms with van der Waals surface area (Å²) in [5.41, 5.74) is 1.02. The Morgan fingerprint density at radius 3 is 2.88 bits per heavy atom. The molecule has 17 heavy (non-hydrogen) atoms. The van der Waals surface area contributed by atoms with Crippen molar-refractivity contribution in [3.63, 3.8) is 0 Å². The lowest BCUT2D eigenvalue weighted by molar-refractivity contribution is 0.205. The molecule has 1 aliphatic rings. The van der Waals surface area contributed by atoms with E-state index in [1.807, 2.05) is 12.1 Å². The van der Waals surface area contributed by atoms with Gasteiger partial charge in [0.1, 0.15) is 0 Å². The smallest absolute Gasteiger partial charge is 0.0637 e. The number of nitrogens with one attached hydrogen (secondary N) is 1. The van der Waals surface area contributed by atoms with Crippen molar-refractivity contribution in [1.29, 1.82) is 0 Å². The van der Waals surface area contributed by atoms with Gasteiger partial charge in [-0.05, 0) is 30.4 Å². The van der Waals surface area contributed by atoms with Gasteiger partial charge in [-0.1, -0.05) is 41.8 Å². The maximum Gasteiger partial charge on any atom is 0.0637 e. The fraction of sp³-hybridized carbons (Fsp3) is 0.538. The van der Waals surface area contributed by atoms with Gasteiger partial charge in [-0.2, -0.15) is 0 Å². The lowest BCUT2D eigenvalue weighted by Gasteiger charge is -2.19. The summed E-state index contributed by atoms with van der Waals surface area (Å²) in [6, 6.07) is 6.07. The lowest BCUT2D eigenvalue weighted by atomic mass is 10.0. The highest BCUT2D eigenvalue weighted by Crippen LogP contribution is 2.28. The van der Waals surface area contributed by atoms with Crippen LogP contribution in [0.4, 0.5) is 0 Å². The number of hydrogen-bond acceptors (Lipinski definition) is 2. The second kappa shape index (κ2) is 6.05. The van der Waals surface area contributed by atoms with Crippen LogP contribution in [0, 0.1) is 5.92 Å². The standard InChI is InChI=1S/C13H17Cl2NO/c14-11-5-1-3-9(13(11)15)7-16-12-6-2-4-10(12)8-17/h1,3,5,10,12,16-17H,2,4,6-8H2. The highest BCUT2D eigenvalue weighted by Gasteiger charge is 2.25. The van der Waals surface area contributed by atoms with Crippen molar-refractivity contribution in [1.82, 2.24) is 5.32 Å². The molecule has 2 N–H and O–H groups in total. The fourth-order valence-electron chi connectivity index (χ4n) is 2.45. The second-order valence-corrected chi connectivity index (χ2v) is 5.36. The Morgan fingerprint density at radius 2 is 2.12 bits per heavy atom. The van der Waals surface area contributed by atoms with E-state index < -0.39 is 0 Å². The molecule has 0 spiro atoms. The zero-order chi connectivity index (χ0) is 12.3. The Hall–Kier alpha value is -0.280. The molecule has 0 aromatic heterocycles. The first-order chi connectivity index (χ1) is 8.22. The van der Waals surface area contributed by atoms with Crippen molar-refractivity contribution < 1.29 is 5.11 Å². The predicted octanol–water partition coefficient (Wildman–Crippen LogP) is 3.24. The highest BCUT2D eigenvalue weighted by atomic mass is 35.5. The maximum absolute atomic E-state index is 9.25. The number of benzene rings is 1. The molecule has 2 unspecified atom stereocenters. The molecule has 1 aliphatic carbocycles. The minimum Gasteiger partial charge on any atom is -0.396 e. The third kappa shape index (κ3) is 3.14.